The van der Waals surface area contributed by atoms with Gasteiger partial charge in [0, 0.05) is 25.1 Å². The highest BCUT2D eigenvalue weighted by molar-refractivity contribution is 5.69. The number of carbonyl (C=O) groups excluding carboxylic acids is 1. The number of rotatable bonds is 11. The van der Waals surface area contributed by atoms with Gasteiger partial charge in [-0.3, -0.25) is 9.69 Å². The highest BCUT2D eigenvalue weighted by atomic mass is 16.5. The fourth-order valence-electron chi connectivity index (χ4n) is 2.70. The van der Waals surface area contributed by atoms with E-state index >= 15 is 0 Å². The molecule has 142 valence electrons. The number of nitrogens with zero attached hydrogens (tertiary/aromatic N) is 1. The number of hydrogen-bond donors (Lipinski definition) is 1. The van der Waals surface area contributed by atoms with Crippen molar-refractivity contribution in [3.8, 4) is 5.75 Å². The Bertz CT molecular complexity index is 656. The summed E-state index contributed by atoms with van der Waals surface area (Å²) in [6, 6.07) is 11.5. The van der Waals surface area contributed by atoms with Crippen LogP contribution >= 0.6 is 0 Å². The Morgan fingerprint density at radius 1 is 1.23 bits per heavy atom. The Morgan fingerprint density at radius 2 is 2.04 bits per heavy atom. The van der Waals surface area contributed by atoms with Crippen LogP contribution in [-0.4, -0.2) is 42.3 Å². The van der Waals surface area contributed by atoms with Crippen LogP contribution < -0.4 is 4.74 Å². The van der Waals surface area contributed by atoms with E-state index in [1.165, 1.54) is 0 Å². The largest absolute Gasteiger partial charge is 0.496 e. The first-order valence-corrected chi connectivity index (χ1v) is 8.82. The van der Waals surface area contributed by atoms with Gasteiger partial charge in [0.1, 0.15) is 24.2 Å². The number of aliphatic hydroxyl groups is 1. The predicted octanol–water partition coefficient (Wildman–Crippen LogP) is 2.99. The summed E-state index contributed by atoms with van der Waals surface area (Å²) in [6.45, 7) is 3.35. The number of furan rings is 1. The van der Waals surface area contributed by atoms with Crippen molar-refractivity contribution in [2.45, 2.75) is 39.0 Å². The van der Waals surface area contributed by atoms with E-state index < -0.39 is 6.10 Å². The van der Waals surface area contributed by atoms with Gasteiger partial charge in [-0.1, -0.05) is 25.1 Å². The lowest BCUT2D eigenvalue weighted by atomic mass is 10.1. The molecule has 2 aromatic rings. The zero-order valence-electron chi connectivity index (χ0n) is 15.4. The summed E-state index contributed by atoms with van der Waals surface area (Å²) in [4.78, 5) is 13.5. The molecule has 6 heteroatoms. The number of aliphatic hydroxyl groups excluding tert-OH is 1. The Balaban J connectivity index is 2.00. The van der Waals surface area contributed by atoms with Crippen LogP contribution in [0.5, 0.6) is 5.75 Å². The van der Waals surface area contributed by atoms with Gasteiger partial charge in [0.05, 0.1) is 19.9 Å². The topological polar surface area (TPSA) is 72.1 Å². The maximum atomic E-state index is 11.5. The van der Waals surface area contributed by atoms with Gasteiger partial charge in [0.25, 0.3) is 0 Å². The number of para-hydroxylation sites is 1. The zero-order valence-corrected chi connectivity index (χ0v) is 15.4. The number of benzene rings is 1. The summed E-state index contributed by atoms with van der Waals surface area (Å²) < 4.78 is 16.0. The van der Waals surface area contributed by atoms with Crippen molar-refractivity contribution in [1.82, 2.24) is 4.90 Å². The average molecular weight is 361 g/mol. The summed E-state index contributed by atoms with van der Waals surface area (Å²) in [7, 11) is 1.64. The molecule has 26 heavy (non-hydrogen) atoms. The van der Waals surface area contributed by atoms with Gasteiger partial charge in [0.2, 0.25) is 0 Å². The highest BCUT2D eigenvalue weighted by Crippen LogP contribution is 2.20. The molecule has 1 aromatic carbocycles. The molecule has 1 aromatic heterocycles. The fourth-order valence-corrected chi connectivity index (χ4v) is 2.70. The summed E-state index contributed by atoms with van der Waals surface area (Å²) in [6.07, 6.45) is 1.94. The lowest BCUT2D eigenvalue weighted by Crippen LogP contribution is -2.34. The van der Waals surface area contributed by atoms with Gasteiger partial charge in [-0.2, -0.15) is 0 Å². The van der Waals surface area contributed by atoms with Crippen LogP contribution in [0.25, 0.3) is 0 Å². The van der Waals surface area contributed by atoms with E-state index in [4.69, 9.17) is 13.9 Å². The summed E-state index contributed by atoms with van der Waals surface area (Å²) in [5.41, 5.74) is 1.01. The summed E-state index contributed by atoms with van der Waals surface area (Å²) >= 11 is 0. The minimum atomic E-state index is -0.777. The summed E-state index contributed by atoms with van der Waals surface area (Å²) in [5, 5.41) is 10.3. The molecule has 2 rings (SSSR count). The van der Waals surface area contributed by atoms with Crippen molar-refractivity contribution < 1.29 is 23.8 Å². The molecule has 0 bridgehead atoms. The number of carbonyl (C=O) groups is 1. The van der Waals surface area contributed by atoms with Crippen LogP contribution in [0.15, 0.2) is 47.1 Å². The first kappa shape index (κ1) is 20.0. The molecule has 0 fully saturated rings. The number of methoxy groups -OCH3 is 1. The molecule has 1 unspecified atom stereocenters. The van der Waals surface area contributed by atoms with Crippen LogP contribution in [-0.2, 0) is 22.6 Å². The smallest absolute Gasteiger partial charge is 0.305 e. The van der Waals surface area contributed by atoms with Gasteiger partial charge in [-0.05, 0) is 24.6 Å². The van der Waals surface area contributed by atoms with Gasteiger partial charge < -0.3 is 19.0 Å². The third kappa shape index (κ3) is 6.54. The maximum absolute atomic E-state index is 11.5. The third-order valence-corrected chi connectivity index (χ3v) is 3.91. The Labute approximate surface area is 154 Å². The summed E-state index contributed by atoms with van der Waals surface area (Å²) in [5.74, 6) is 1.31. The molecule has 1 N–H and O–H groups in total. The van der Waals surface area contributed by atoms with Crippen molar-refractivity contribution in [3.05, 3.63) is 54.0 Å². The van der Waals surface area contributed by atoms with E-state index in [-0.39, 0.29) is 12.6 Å². The molecule has 0 saturated heterocycles. The Kier molecular flexibility index (Phi) is 8.18. The molecule has 1 heterocycles. The molecule has 0 radical (unpaired) electrons. The van der Waals surface area contributed by atoms with E-state index in [0.717, 1.165) is 23.5 Å². The third-order valence-electron chi connectivity index (χ3n) is 3.91. The van der Waals surface area contributed by atoms with Gasteiger partial charge in [-0.25, -0.2) is 0 Å². The predicted molar refractivity (Wildman–Crippen MR) is 97.7 cm³/mol. The van der Waals surface area contributed by atoms with E-state index in [2.05, 4.69) is 0 Å². The molecular weight excluding hydrogens is 334 g/mol. The van der Waals surface area contributed by atoms with E-state index in [9.17, 15) is 9.90 Å². The highest BCUT2D eigenvalue weighted by Gasteiger charge is 2.17. The van der Waals surface area contributed by atoms with Gasteiger partial charge in [-0.15, -0.1) is 0 Å². The molecule has 0 aliphatic heterocycles. The van der Waals surface area contributed by atoms with Crippen LogP contribution in [0, 0.1) is 0 Å². The molecule has 0 spiro atoms. The second kappa shape index (κ2) is 10.6. The SMILES string of the molecule is CCCC(=O)OCC(O)CN(Cc1ccco1)Cc1ccccc1OC. The minimum absolute atomic E-state index is 0.0145. The molecule has 1 atom stereocenters. The van der Waals surface area contributed by atoms with Gasteiger partial charge in [0.15, 0.2) is 0 Å². The first-order valence-electron chi connectivity index (χ1n) is 8.82. The normalized spacial score (nSPS) is 12.2. The number of esters is 1. The Hall–Kier alpha value is -2.31. The van der Waals surface area contributed by atoms with E-state index in [0.29, 0.717) is 26.1 Å². The number of hydrogen-bond acceptors (Lipinski definition) is 6. The second-order valence-electron chi connectivity index (χ2n) is 6.15. The van der Waals surface area contributed by atoms with Crippen molar-refractivity contribution in [2.24, 2.45) is 0 Å². The standard InChI is InChI=1S/C20H27NO5/c1-3-7-20(23)26-15-17(22)13-21(14-18-9-6-11-25-18)12-16-8-4-5-10-19(16)24-2/h4-6,8-11,17,22H,3,7,12-15H2,1-2H3. The lowest BCUT2D eigenvalue weighted by molar-refractivity contribution is -0.147. The van der Waals surface area contributed by atoms with Crippen molar-refractivity contribution >= 4 is 5.97 Å². The molecule has 0 saturated carbocycles. The maximum Gasteiger partial charge on any atom is 0.305 e. The molecule has 0 aliphatic rings. The molecule has 0 amide bonds. The lowest BCUT2D eigenvalue weighted by Gasteiger charge is -2.25. The molecule has 0 aliphatic carbocycles. The van der Waals surface area contributed by atoms with Crippen molar-refractivity contribution in [1.29, 1.82) is 0 Å². The van der Waals surface area contributed by atoms with Crippen LogP contribution in [0.4, 0.5) is 0 Å². The van der Waals surface area contributed by atoms with Gasteiger partial charge >= 0.3 is 5.97 Å². The minimum Gasteiger partial charge on any atom is -0.496 e. The first-order chi connectivity index (χ1) is 12.6. The molecule has 6 nitrogen and oxygen atoms in total. The van der Waals surface area contributed by atoms with Crippen LogP contribution in [0.3, 0.4) is 0 Å². The quantitative estimate of drug-likeness (QED) is 0.621. The number of ether oxygens (including phenoxy) is 2. The second-order valence-corrected chi connectivity index (χ2v) is 6.15. The van der Waals surface area contributed by atoms with E-state index in [1.54, 1.807) is 13.4 Å². The van der Waals surface area contributed by atoms with Crippen LogP contribution in [0.1, 0.15) is 31.1 Å². The monoisotopic (exact) mass is 361 g/mol. The van der Waals surface area contributed by atoms with Crippen molar-refractivity contribution in [3.63, 3.8) is 0 Å². The van der Waals surface area contributed by atoms with Crippen LogP contribution in [0.2, 0.25) is 0 Å². The fraction of sp³-hybridized carbons (Fsp3) is 0.450. The zero-order chi connectivity index (χ0) is 18.8. The Morgan fingerprint density at radius 3 is 2.73 bits per heavy atom. The van der Waals surface area contributed by atoms with Crippen molar-refractivity contribution in [2.75, 3.05) is 20.3 Å². The molecular formula is C20H27NO5. The van der Waals surface area contributed by atoms with E-state index in [1.807, 2.05) is 48.2 Å². The average Bonchev–Trinajstić information content (AvgIpc) is 3.13.